The van der Waals surface area contributed by atoms with E-state index < -0.39 is 0 Å². The summed E-state index contributed by atoms with van der Waals surface area (Å²) in [4.78, 5) is 0. The lowest BCUT2D eigenvalue weighted by Crippen LogP contribution is -2.68. The highest BCUT2D eigenvalue weighted by Gasteiger charge is 2.58. The SMILES string of the molecule is CC(C)(C)C1=Nn2cccc2NC1(C(C)(C)C)C(C)(C)C. The Balaban J connectivity index is 2.81. The Morgan fingerprint density at radius 3 is 1.90 bits per heavy atom. The zero-order valence-electron chi connectivity index (χ0n) is 15.1. The summed E-state index contributed by atoms with van der Waals surface area (Å²) >= 11 is 0. The van der Waals surface area contributed by atoms with Gasteiger partial charge in [0.15, 0.2) is 0 Å². The van der Waals surface area contributed by atoms with Crippen LogP contribution in [0, 0.1) is 16.2 Å². The Kier molecular flexibility index (Phi) is 3.36. The summed E-state index contributed by atoms with van der Waals surface area (Å²) in [7, 11) is 0. The van der Waals surface area contributed by atoms with E-state index in [2.05, 4.69) is 73.7 Å². The third-order valence-electron chi connectivity index (χ3n) is 4.57. The van der Waals surface area contributed by atoms with Crippen molar-refractivity contribution in [1.82, 2.24) is 4.68 Å². The maximum absolute atomic E-state index is 5.03. The van der Waals surface area contributed by atoms with Gasteiger partial charge in [0.2, 0.25) is 0 Å². The lowest BCUT2D eigenvalue weighted by molar-refractivity contribution is 0.131. The van der Waals surface area contributed by atoms with Crippen LogP contribution in [0.5, 0.6) is 0 Å². The van der Waals surface area contributed by atoms with Crippen molar-refractivity contribution < 1.29 is 0 Å². The van der Waals surface area contributed by atoms with Crippen molar-refractivity contribution in [1.29, 1.82) is 0 Å². The summed E-state index contributed by atoms with van der Waals surface area (Å²) in [5, 5.41) is 8.89. The maximum Gasteiger partial charge on any atom is 0.128 e. The average Bonchev–Trinajstić information content (AvgIpc) is 2.69. The normalized spacial score (nSPS) is 18.8. The third-order valence-corrected chi connectivity index (χ3v) is 4.57. The number of rotatable bonds is 0. The van der Waals surface area contributed by atoms with Gasteiger partial charge >= 0.3 is 0 Å². The first kappa shape index (κ1) is 16.1. The zero-order valence-corrected chi connectivity index (χ0v) is 15.1. The summed E-state index contributed by atoms with van der Waals surface area (Å²) < 4.78 is 1.97. The van der Waals surface area contributed by atoms with Gasteiger partial charge < -0.3 is 5.32 Å². The second-order valence-corrected chi connectivity index (χ2v) is 9.31. The number of nitrogens with one attached hydrogen (secondary N) is 1. The number of anilines is 1. The molecule has 0 bridgehead atoms. The minimum Gasteiger partial charge on any atom is -0.358 e. The Labute approximate surface area is 129 Å². The molecule has 21 heavy (non-hydrogen) atoms. The molecule has 0 atom stereocenters. The van der Waals surface area contributed by atoms with E-state index in [-0.39, 0.29) is 21.8 Å². The largest absolute Gasteiger partial charge is 0.358 e. The molecule has 1 aliphatic rings. The van der Waals surface area contributed by atoms with Gasteiger partial charge in [-0.2, -0.15) is 5.10 Å². The molecule has 0 fully saturated rings. The van der Waals surface area contributed by atoms with Crippen LogP contribution in [0.1, 0.15) is 62.3 Å². The number of hydrogen-bond acceptors (Lipinski definition) is 2. The van der Waals surface area contributed by atoms with Crippen molar-refractivity contribution in [2.24, 2.45) is 21.3 Å². The highest BCUT2D eigenvalue weighted by Crippen LogP contribution is 2.51. The van der Waals surface area contributed by atoms with Gasteiger partial charge in [0, 0.05) is 11.6 Å². The molecule has 2 heterocycles. The van der Waals surface area contributed by atoms with Crippen LogP contribution in [0.15, 0.2) is 23.4 Å². The van der Waals surface area contributed by atoms with Gasteiger partial charge in [0.1, 0.15) is 5.82 Å². The molecule has 0 spiro atoms. The molecule has 1 aromatic rings. The topological polar surface area (TPSA) is 29.3 Å². The fourth-order valence-corrected chi connectivity index (χ4v) is 3.92. The molecule has 0 saturated carbocycles. The van der Waals surface area contributed by atoms with Crippen LogP contribution in [0.3, 0.4) is 0 Å². The molecule has 0 aromatic carbocycles. The Morgan fingerprint density at radius 2 is 1.48 bits per heavy atom. The second-order valence-electron chi connectivity index (χ2n) is 9.31. The fraction of sp³-hybridized carbons (Fsp3) is 0.722. The van der Waals surface area contributed by atoms with Gasteiger partial charge in [-0.05, 0) is 23.0 Å². The van der Waals surface area contributed by atoms with Crippen LogP contribution in [-0.4, -0.2) is 15.9 Å². The number of hydrogen-bond donors (Lipinski definition) is 1. The van der Waals surface area contributed by atoms with E-state index >= 15 is 0 Å². The van der Waals surface area contributed by atoms with Crippen molar-refractivity contribution in [3.8, 4) is 0 Å². The van der Waals surface area contributed by atoms with Crippen molar-refractivity contribution in [2.45, 2.75) is 67.9 Å². The molecule has 3 nitrogen and oxygen atoms in total. The molecule has 1 aliphatic heterocycles. The van der Waals surface area contributed by atoms with E-state index in [9.17, 15) is 0 Å². The van der Waals surface area contributed by atoms with Gasteiger partial charge in [-0.25, -0.2) is 4.68 Å². The summed E-state index contributed by atoms with van der Waals surface area (Å²) in [6.45, 7) is 20.6. The number of aromatic nitrogens is 1. The molecule has 0 aliphatic carbocycles. The van der Waals surface area contributed by atoms with E-state index in [1.165, 1.54) is 5.71 Å². The highest BCUT2D eigenvalue weighted by atomic mass is 15.4. The Morgan fingerprint density at radius 1 is 0.952 bits per heavy atom. The standard InChI is InChI=1S/C18H31N3/c1-15(2,3)14-18(16(4,5)6,17(7,8)9)19-13-11-10-12-21(13)20-14/h10-12,19H,1-9H3. The minimum atomic E-state index is -0.202. The quantitative estimate of drug-likeness (QED) is 0.716. The van der Waals surface area contributed by atoms with Crippen LogP contribution in [0.2, 0.25) is 0 Å². The molecule has 3 heteroatoms. The van der Waals surface area contributed by atoms with Crippen LogP contribution in [0.4, 0.5) is 5.82 Å². The van der Waals surface area contributed by atoms with Gasteiger partial charge in [-0.1, -0.05) is 62.3 Å². The second kappa shape index (κ2) is 4.37. The van der Waals surface area contributed by atoms with Gasteiger partial charge in [-0.15, -0.1) is 0 Å². The average molecular weight is 289 g/mol. The van der Waals surface area contributed by atoms with E-state index in [0.717, 1.165) is 5.82 Å². The van der Waals surface area contributed by atoms with E-state index in [1.807, 2.05) is 16.9 Å². The molecule has 0 amide bonds. The third kappa shape index (κ3) is 2.31. The molecular formula is C18H31N3. The summed E-state index contributed by atoms with van der Waals surface area (Å²) in [6.07, 6.45) is 2.02. The highest BCUT2D eigenvalue weighted by molar-refractivity contribution is 6.02. The van der Waals surface area contributed by atoms with E-state index in [0.29, 0.717) is 0 Å². The molecular weight excluding hydrogens is 258 g/mol. The minimum absolute atomic E-state index is 0.00444. The molecule has 2 rings (SSSR count). The molecule has 0 saturated heterocycles. The number of nitrogens with zero attached hydrogens (tertiary/aromatic N) is 2. The maximum atomic E-state index is 5.03. The Hall–Kier alpha value is -1.25. The predicted molar refractivity (Wildman–Crippen MR) is 92.0 cm³/mol. The monoisotopic (exact) mass is 289 g/mol. The molecule has 1 aromatic heterocycles. The van der Waals surface area contributed by atoms with Crippen LogP contribution in [0.25, 0.3) is 0 Å². The summed E-state index contributed by atoms with van der Waals surface area (Å²) in [5.74, 6) is 1.08. The van der Waals surface area contributed by atoms with Crippen molar-refractivity contribution in [2.75, 3.05) is 5.32 Å². The zero-order chi connectivity index (χ0) is 16.3. The van der Waals surface area contributed by atoms with Crippen LogP contribution in [-0.2, 0) is 0 Å². The van der Waals surface area contributed by atoms with Crippen molar-refractivity contribution >= 4 is 11.5 Å². The van der Waals surface area contributed by atoms with E-state index in [1.54, 1.807) is 0 Å². The first-order valence-electron chi connectivity index (χ1n) is 7.86. The lowest BCUT2D eigenvalue weighted by atomic mass is 9.54. The predicted octanol–water partition coefficient (Wildman–Crippen LogP) is 4.99. The number of fused-ring (bicyclic) bond motifs is 1. The summed E-state index contributed by atoms with van der Waals surface area (Å²) in [5.41, 5.74) is 1.08. The van der Waals surface area contributed by atoms with Gasteiger partial charge in [0.05, 0.1) is 11.3 Å². The Bertz CT molecular complexity index is 543. The first-order chi connectivity index (χ1) is 9.31. The summed E-state index contributed by atoms with van der Waals surface area (Å²) in [6, 6.07) is 4.16. The van der Waals surface area contributed by atoms with Crippen LogP contribution >= 0.6 is 0 Å². The van der Waals surface area contributed by atoms with Gasteiger partial charge in [-0.3, -0.25) is 0 Å². The first-order valence-corrected chi connectivity index (χ1v) is 7.86. The van der Waals surface area contributed by atoms with Crippen LogP contribution < -0.4 is 5.32 Å². The lowest BCUT2D eigenvalue weighted by Gasteiger charge is -2.58. The molecule has 0 unspecified atom stereocenters. The van der Waals surface area contributed by atoms with Crippen molar-refractivity contribution in [3.05, 3.63) is 18.3 Å². The molecule has 1 N–H and O–H groups in total. The van der Waals surface area contributed by atoms with Crippen molar-refractivity contribution in [3.63, 3.8) is 0 Å². The van der Waals surface area contributed by atoms with Gasteiger partial charge in [0.25, 0.3) is 0 Å². The smallest absolute Gasteiger partial charge is 0.128 e. The van der Waals surface area contributed by atoms with E-state index in [4.69, 9.17) is 5.10 Å². The molecule has 0 radical (unpaired) electrons. The fourth-order valence-electron chi connectivity index (χ4n) is 3.92. The molecule has 118 valence electrons.